The van der Waals surface area contributed by atoms with Crippen LogP contribution in [-0.4, -0.2) is 6.54 Å². The number of para-hydroxylation sites is 1. The maximum absolute atomic E-state index is 6.03. The maximum atomic E-state index is 6.03. The van der Waals surface area contributed by atoms with Crippen molar-refractivity contribution in [3.05, 3.63) is 59.2 Å². The van der Waals surface area contributed by atoms with Gasteiger partial charge in [-0.3, -0.25) is 0 Å². The first-order chi connectivity index (χ1) is 10.2. The van der Waals surface area contributed by atoms with Gasteiger partial charge < -0.3 is 10.1 Å². The van der Waals surface area contributed by atoms with Crippen LogP contribution >= 0.6 is 0 Å². The molecular weight excluding hydrogens is 258 g/mol. The molecule has 1 N–H and O–H groups in total. The quantitative estimate of drug-likeness (QED) is 0.873. The van der Waals surface area contributed by atoms with Gasteiger partial charge in [0.15, 0.2) is 0 Å². The summed E-state index contributed by atoms with van der Waals surface area (Å²) in [4.78, 5) is 0. The molecule has 3 rings (SSSR count). The van der Waals surface area contributed by atoms with E-state index in [9.17, 15) is 0 Å². The molecule has 2 heteroatoms. The number of benzene rings is 2. The maximum Gasteiger partial charge on any atom is 0.143 e. The molecule has 0 amide bonds. The zero-order valence-electron chi connectivity index (χ0n) is 12.9. The first-order valence-corrected chi connectivity index (χ1v) is 7.81. The summed E-state index contributed by atoms with van der Waals surface area (Å²) in [7, 11) is 0. The van der Waals surface area contributed by atoms with E-state index in [1.54, 1.807) is 0 Å². The highest BCUT2D eigenvalue weighted by atomic mass is 16.5. The van der Waals surface area contributed by atoms with E-state index in [0.29, 0.717) is 12.5 Å². The van der Waals surface area contributed by atoms with Crippen LogP contribution in [0.4, 0.5) is 5.69 Å². The average molecular weight is 281 g/mol. The molecule has 1 aliphatic rings. The summed E-state index contributed by atoms with van der Waals surface area (Å²) < 4.78 is 6.03. The van der Waals surface area contributed by atoms with E-state index in [-0.39, 0.29) is 0 Å². The lowest BCUT2D eigenvalue weighted by molar-refractivity contribution is 0.307. The third-order valence-electron chi connectivity index (χ3n) is 4.08. The third kappa shape index (κ3) is 3.21. The molecule has 1 heterocycles. The van der Waals surface area contributed by atoms with E-state index in [1.807, 2.05) is 0 Å². The highest BCUT2D eigenvalue weighted by Gasteiger charge is 2.13. The third-order valence-corrected chi connectivity index (χ3v) is 4.08. The highest BCUT2D eigenvalue weighted by molar-refractivity contribution is 5.63. The highest BCUT2D eigenvalue weighted by Crippen LogP contribution is 2.32. The van der Waals surface area contributed by atoms with E-state index in [0.717, 1.165) is 18.7 Å². The summed E-state index contributed by atoms with van der Waals surface area (Å²) in [6, 6.07) is 15.1. The fourth-order valence-electron chi connectivity index (χ4n) is 2.76. The van der Waals surface area contributed by atoms with Crippen molar-refractivity contribution >= 4 is 5.69 Å². The van der Waals surface area contributed by atoms with Crippen molar-refractivity contribution in [2.24, 2.45) is 0 Å². The van der Waals surface area contributed by atoms with Gasteiger partial charge in [-0.05, 0) is 41.5 Å². The van der Waals surface area contributed by atoms with Crippen molar-refractivity contribution < 1.29 is 4.74 Å². The Hall–Kier alpha value is -1.96. The number of aryl methyl sites for hydroxylation is 1. The average Bonchev–Trinajstić information content (AvgIpc) is 2.53. The number of anilines is 1. The van der Waals surface area contributed by atoms with Gasteiger partial charge in [0.2, 0.25) is 0 Å². The molecule has 0 aliphatic carbocycles. The van der Waals surface area contributed by atoms with Gasteiger partial charge >= 0.3 is 0 Å². The van der Waals surface area contributed by atoms with Crippen molar-refractivity contribution in [3.8, 4) is 5.75 Å². The molecule has 21 heavy (non-hydrogen) atoms. The molecule has 0 spiro atoms. The second-order valence-electron chi connectivity index (χ2n) is 6.01. The lowest BCUT2D eigenvalue weighted by Crippen LogP contribution is -2.13. The minimum absolute atomic E-state index is 0.574. The van der Waals surface area contributed by atoms with Gasteiger partial charge in [-0.2, -0.15) is 0 Å². The van der Waals surface area contributed by atoms with Crippen LogP contribution in [0.15, 0.2) is 42.5 Å². The molecular formula is C19H23NO. The Kier molecular flexibility index (Phi) is 4.14. The molecule has 0 unspecified atom stereocenters. The zero-order chi connectivity index (χ0) is 14.7. The molecule has 0 saturated heterocycles. The Bertz CT molecular complexity index is 601. The van der Waals surface area contributed by atoms with Crippen molar-refractivity contribution in [3.63, 3.8) is 0 Å². The van der Waals surface area contributed by atoms with E-state index >= 15 is 0 Å². The SMILES string of the molecule is CC(C)c1ccc(COc2cccc3c2NCCC3)cc1. The van der Waals surface area contributed by atoms with Gasteiger partial charge in [-0.25, -0.2) is 0 Å². The molecule has 0 radical (unpaired) electrons. The molecule has 110 valence electrons. The standard InChI is InChI=1S/C19H23NO/c1-14(2)16-10-8-15(9-11-16)13-21-18-7-3-5-17-6-4-12-20-19(17)18/h3,5,7-11,14,20H,4,6,12-13H2,1-2H3. The monoisotopic (exact) mass is 281 g/mol. The molecule has 2 aromatic rings. The number of nitrogens with one attached hydrogen (secondary N) is 1. The lowest BCUT2D eigenvalue weighted by atomic mass is 10.0. The van der Waals surface area contributed by atoms with E-state index in [1.165, 1.54) is 28.8 Å². The predicted octanol–water partition coefficient (Wildman–Crippen LogP) is 4.75. The Morgan fingerprint density at radius 3 is 2.67 bits per heavy atom. The summed E-state index contributed by atoms with van der Waals surface area (Å²) in [5, 5.41) is 3.47. The van der Waals surface area contributed by atoms with Gasteiger partial charge in [0.25, 0.3) is 0 Å². The van der Waals surface area contributed by atoms with Crippen LogP contribution in [0, 0.1) is 0 Å². The summed E-state index contributed by atoms with van der Waals surface area (Å²) in [5.74, 6) is 1.55. The van der Waals surface area contributed by atoms with Crippen LogP contribution in [0.2, 0.25) is 0 Å². The van der Waals surface area contributed by atoms with Gasteiger partial charge in [0, 0.05) is 6.54 Å². The molecule has 0 aromatic heterocycles. The number of fused-ring (bicyclic) bond motifs is 1. The summed E-state index contributed by atoms with van der Waals surface area (Å²) in [6.07, 6.45) is 2.34. The Morgan fingerprint density at radius 1 is 1.10 bits per heavy atom. The summed E-state index contributed by atoms with van der Waals surface area (Å²) in [6.45, 7) is 6.09. The van der Waals surface area contributed by atoms with Crippen molar-refractivity contribution in [1.82, 2.24) is 0 Å². The Labute approximate surface area is 127 Å². The second-order valence-corrected chi connectivity index (χ2v) is 6.01. The second kappa shape index (κ2) is 6.21. The van der Waals surface area contributed by atoms with Gasteiger partial charge in [0.05, 0.1) is 5.69 Å². The molecule has 2 aromatic carbocycles. The fraction of sp³-hybridized carbons (Fsp3) is 0.368. The summed E-state index contributed by atoms with van der Waals surface area (Å²) >= 11 is 0. The number of ether oxygens (including phenoxy) is 1. The van der Waals surface area contributed by atoms with Crippen LogP contribution < -0.4 is 10.1 Å². The predicted molar refractivity (Wildman–Crippen MR) is 88.1 cm³/mol. The van der Waals surface area contributed by atoms with Crippen LogP contribution in [0.5, 0.6) is 5.75 Å². The molecule has 2 nitrogen and oxygen atoms in total. The number of hydrogen-bond acceptors (Lipinski definition) is 2. The van der Waals surface area contributed by atoms with Gasteiger partial charge in [0.1, 0.15) is 12.4 Å². The molecule has 0 bridgehead atoms. The van der Waals surface area contributed by atoms with Crippen LogP contribution in [0.3, 0.4) is 0 Å². The van der Waals surface area contributed by atoms with E-state index in [4.69, 9.17) is 4.74 Å². The first kappa shape index (κ1) is 14.0. The minimum Gasteiger partial charge on any atom is -0.487 e. The smallest absolute Gasteiger partial charge is 0.143 e. The molecule has 0 saturated carbocycles. The molecule has 1 aliphatic heterocycles. The number of hydrogen-bond donors (Lipinski definition) is 1. The lowest BCUT2D eigenvalue weighted by Gasteiger charge is -2.21. The molecule has 0 fully saturated rings. The normalized spacial score (nSPS) is 13.7. The Balaban J connectivity index is 1.70. The van der Waals surface area contributed by atoms with Crippen molar-refractivity contribution in [1.29, 1.82) is 0 Å². The zero-order valence-corrected chi connectivity index (χ0v) is 12.9. The Morgan fingerprint density at radius 2 is 1.90 bits per heavy atom. The van der Waals surface area contributed by atoms with Crippen molar-refractivity contribution in [2.45, 2.75) is 39.2 Å². The summed E-state index contributed by atoms with van der Waals surface area (Å²) in [5.41, 5.74) is 5.14. The van der Waals surface area contributed by atoms with Gasteiger partial charge in [-0.15, -0.1) is 0 Å². The fourth-order valence-corrected chi connectivity index (χ4v) is 2.76. The van der Waals surface area contributed by atoms with Gasteiger partial charge in [-0.1, -0.05) is 50.2 Å². The van der Waals surface area contributed by atoms with E-state index < -0.39 is 0 Å². The molecule has 0 atom stereocenters. The largest absolute Gasteiger partial charge is 0.487 e. The van der Waals surface area contributed by atoms with E-state index in [2.05, 4.69) is 61.6 Å². The minimum atomic E-state index is 0.574. The van der Waals surface area contributed by atoms with Crippen LogP contribution in [0.25, 0.3) is 0 Å². The first-order valence-electron chi connectivity index (χ1n) is 7.81. The topological polar surface area (TPSA) is 21.3 Å². The van der Waals surface area contributed by atoms with Crippen LogP contribution in [0.1, 0.15) is 42.9 Å². The van der Waals surface area contributed by atoms with Crippen LogP contribution in [-0.2, 0) is 13.0 Å². The number of rotatable bonds is 4. The van der Waals surface area contributed by atoms with Crippen molar-refractivity contribution in [2.75, 3.05) is 11.9 Å².